The molecule has 0 spiro atoms. The van der Waals surface area contributed by atoms with E-state index in [2.05, 4.69) is 26.2 Å². The highest BCUT2D eigenvalue weighted by molar-refractivity contribution is 9.10. The summed E-state index contributed by atoms with van der Waals surface area (Å²) in [4.78, 5) is 17.0. The number of rotatable bonds is 6. The maximum Gasteiger partial charge on any atom is 0.317 e. The molecule has 0 aliphatic heterocycles. The molecule has 0 saturated heterocycles. The van der Waals surface area contributed by atoms with Crippen molar-refractivity contribution in [3.05, 3.63) is 22.8 Å². The van der Waals surface area contributed by atoms with Gasteiger partial charge in [0, 0.05) is 22.8 Å². The van der Waals surface area contributed by atoms with Gasteiger partial charge in [0.05, 0.1) is 6.54 Å². The average molecular weight is 328 g/mol. The molecule has 0 atom stereocenters. The molecule has 0 unspecified atom stereocenters. The summed E-state index contributed by atoms with van der Waals surface area (Å²) in [6, 6.07) is 4.59. The SMILES string of the molecule is CCN(CC(=O)O)C1CC(Nc2cc(Br)ccn2)C1. The molecule has 1 aromatic heterocycles. The first-order chi connectivity index (χ1) is 9.08. The fourth-order valence-corrected chi connectivity index (χ4v) is 2.70. The smallest absolute Gasteiger partial charge is 0.317 e. The van der Waals surface area contributed by atoms with Gasteiger partial charge in [-0.1, -0.05) is 22.9 Å². The van der Waals surface area contributed by atoms with Gasteiger partial charge in [0.15, 0.2) is 0 Å². The van der Waals surface area contributed by atoms with E-state index >= 15 is 0 Å². The van der Waals surface area contributed by atoms with E-state index in [1.807, 2.05) is 24.0 Å². The van der Waals surface area contributed by atoms with Crippen LogP contribution < -0.4 is 5.32 Å². The molecule has 0 radical (unpaired) electrons. The minimum Gasteiger partial charge on any atom is -0.480 e. The Labute approximate surface area is 121 Å². The molecule has 1 heterocycles. The van der Waals surface area contributed by atoms with E-state index in [0.29, 0.717) is 12.1 Å². The average Bonchev–Trinajstić information content (AvgIpc) is 2.30. The van der Waals surface area contributed by atoms with Crippen LogP contribution in [0.4, 0.5) is 5.82 Å². The van der Waals surface area contributed by atoms with Gasteiger partial charge in [-0.2, -0.15) is 0 Å². The lowest BCUT2D eigenvalue weighted by Crippen LogP contribution is -2.51. The van der Waals surface area contributed by atoms with Crippen LogP contribution >= 0.6 is 15.9 Å². The van der Waals surface area contributed by atoms with Gasteiger partial charge in [-0.15, -0.1) is 0 Å². The summed E-state index contributed by atoms with van der Waals surface area (Å²) < 4.78 is 1.00. The Morgan fingerprint density at radius 1 is 1.63 bits per heavy atom. The lowest BCUT2D eigenvalue weighted by Gasteiger charge is -2.42. The third kappa shape index (κ3) is 3.91. The largest absolute Gasteiger partial charge is 0.480 e. The molecule has 5 nitrogen and oxygen atoms in total. The molecule has 1 saturated carbocycles. The first-order valence-electron chi connectivity index (χ1n) is 6.42. The molecular weight excluding hydrogens is 310 g/mol. The molecule has 104 valence electrons. The Morgan fingerprint density at radius 2 is 2.37 bits per heavy atom. The van der Waals surface area contributed by atoms with Crippen LogP contribution in [-0.4, -0.2) is 46.1 Å². The summed E-state index contributed by atoms with van der Waals surface area (Å²) >= 11 is 3.41. The number of carboxylic acids is 1. The number of likely N-dealkylation sites (N-methyl/N-ethyl adjacent to an activating group) is 1. The molecule has 1 fully saturated rings. The van der Waals surface area contributed by atoms with E-state index in [9.17, 15) is 4.79 Å². The van der Waals surface area contributed by atoms with Crippen molar-refractivity contribution in [1.82, 2.24) is 9.88 Å². The number of nitrogens with one attached hydrogen (secondary N) is 1. The number of halogens is 1. The predicted molar refractivity (Wildman–Crippen MR) is 77.3 cm³/mol. The minimum atomic E-state index is -0.757. The highest BCUT2D eigenvalue weighted by Crippen LogP contribution is 2.28. The molecule has 1 aliphatic rings. The molecule has 2 N–H and O–H groups in total. The second-order valence-corrected chi connectivity index (χ2v) is 5.70. The Bertz CT molecular complexity index is 449. The van der Waals surface area contributed by atoms with Crippen LogP contribution in [0.5, 0.6) is 0 Å². The number of aliphatic carboxylic acids is 1. The van der Waals surface area contributed by atoms with Crippen molar-refractivity contribution in [1.29, 1.82) is 0 Å². The molecule has 1 aliphatic carbocycles. The summed E-state index contributed by atoms with van der Waals surface area (Å²) in [5.74, 6) is 0.103. The van der Waals surface area contributed by atoms with E-state index in [1.54, 1.807) is 6.20 Å². The molecular formula is C13H18BrN3O2. The lowest BCUT2D eigenvalue weighted by atomic mass is 9.85. The Morgan fingerprint density at radius 3 is 2.95 bits per heavy atom. The van der Waals surface area contributed by atoms with Crippen molar-refractivity contribution in [2.45, 2.75) is 31.8 Å². The monoisotopic (exact) mass is 327 g/mol. The number of pyridine rings is 1. The van der Waals surface area contributed by atoms with Gasteiger partial charge < -0.3 is 10.4 Å². The minimum absolute atomic E-state index is 0.128. The van der Waals surface area contributed by atoms with E-state index in [1.165, 1.54) is 0 Å². The zero-order valence-electron chi connectivity index (χ0n) is 10.8. The van der Waals surface area contributed by atoms with Gasteiger partial charge in [0.2, 0.25) is 0 Å². The van der Waals surface area contributed by atoms with E-state index in [-0.39, 0.29) is 6.54 Å². The molecule has 1 aromatic rings. The fourth-order valence-electron chi connectivity index (χ4n) is 2.37. The maximum absolute atomic E-state index is 10.8. The molecule has 0 aromatic carbocycles. The first-order valence-corrected chi connectivity index (χ1v) is 7.21. The highest BCUT2D eigenvalue weighted by atomic mass is 79.9. The third-order valence-electron chi connectivity index (χ3n) is 3.45. The third-order valence-corrected chi connectivity index (χ3v) is 3.94. The molecule has 6 heteroatoms. The zero-order chi connectivity index (χ0) is 13.8. The molecule has 0 amide bonds. The highest BCUT2D eigenvalue weighted by Gasteiger charge is 2.33. The lowest BCUT2D eigenvalue weighted by molar-refractivity contribution is -0.139. The number of aromatic nitrogens is 1. The Balaban J connectivity index is 1.81. The van der Waals surface area contributed by atoms with E-state index < -0.39 is 5.97 Å². The van der Waals surface area contributed by atoms with Gasteiger partial charge in [0.25, 0.3) is 0 Å². The van der Waals surface area contributed by atoms with E-state index in [4.69, 9.17) is 5.11 Å². The van der Waals surface area contributed by atoms with Gasteiger partial charge >= 0.3 is 5.97 Å². The molecule has 19 heavy (non-hydrogen) atoms. The van der Waals surface area contributed by atoms with Crippen molar-refractivity contribution in [2.24, 2.45) is 0 Å². The number of nitrogens with zero attached hydrogens (tertiary/aromatic N) is 2. The fraction of sp³-hybridized carbons (Fsp3) is 0.538. The van der Waals surface area contributed by atoms with Crippen LogP contribution in [0.3, 0.4) is 0 Å². The van der Waals surface area contributed by atoms with Crippen molar-refractivity contribution in [2.75, 3.05) is 18.4 Å². The Hall–Kier alpha value is -1.14. The summed E-state index contributed by atoms with van der Waals surface area (Å²) in [5, 5.41) is 12.2. The van der Waals surface area contributed by atoms with Crippen LogP contribution in [-0.2, 0) is 4.79 Å². The maximum atomic E-state index is 10.8. The quantitative estimate of drug-likeness (QED) is 0.838. The summed E-state index contributed by atoms with van der Waals surface area (Å²) in [6.07, 6.45) is 3.69. The second-order valence-electron chi connectivity index (χ2n) is 4.78. The summed E-state index contributed by atoms with van der Waals surface area (Å²) in [6.45, 7) is 2.90. The van der Waals surface area contributed by atoms with Crippen LogP contribution in [0.1, 0.15) is 19.8 Å². The molecule has 2 rings (SSSR count). The van der Waals surface area contributed by atoms with Gasteiger partial charge in [-0.05, 0) is 31.5 Å². The van der Waals surface area contributed by atoms with Crippen molar-refractivity contribution < 1.29 is 9.90 Å². The zero-order valence-corrected chi connectivity index (χ0v) is 12.4. The number of hydrogen-bond donors (Lipinski definition) is 2. The summed E-state index contributed by atoms with van der Waals surface area (Å²) in [5.41, 5.74) is 0. The predicted octanol–water partition coefficient (Wildman–Crippen LogP) is 2.19. The van der Waals surface area contributed by atoms with Crippen LogP contribution in [0.2, 0.25) is 0 Å². The number of carboxylic acid groups (broad SMARTS) is 1. The van der Waals surface area contributed by atoms with Gasteiger partial charge in [0.1, 0.15) is 5.82 Å². The van der Waals surface area contributed by atoms with Crippen LogP contribution in [0.15, 0.2) is 22.8 Å². The van der Waals surface area contributed by atoms with E-state index in [0.717, 1.165) is 29.7 Å². The van der Waals surface area contributed by atoms with Crippen LogP contribution in [0.25, 0.3) is 0 Å². The van der Waals surface area contributed by atoms with Crippen molar-refractivity contribution in [3.63, 3.8) is 0 Å². The van der Waals surface area contributed by atoms with Gasteiger partial charge in [-0.25, -0.2) is 4.98 Å². The van der Waals surface area contributed by atoms with Crippen molar-refractivity contribution >= 4 is 27.7 Å². The standard InChI is InChI=1S/C13H18BrN3O2/c1-2-17(8-13(18)19)11-6-10(7-11)16-12-5-9(14)3-4-15-12/h3-5,10-11H,2,6-8H2,1H3,(H,15,16)(H,18,19). The first kappa shape index (κ1) is 14.3. The number of anilines is 1. The van der Waals surface area contributed by atoms with Crippen molar-refractivity contribution in [3.8, 4) is 0 Å². The second kappa shape index (κ2) is 6.34. The van der Waals surface area contributed by atoms with Crippen LogP contribution in [0, 0.1) is 0 Å². The normalized spacial score (nSPS) is 22.1. The Kier molecular flexibility index (Phi) is 4.76. The topological polar surface area (TPSA) is 65.5 Å². The number of carbonyl (C=O) groups is 1. The van der Waals surface area contributed by atoms with Gasteiger partial charge in [-0.3, -0.25) is 9.69 Å². The molecule has 0 bridgehead atoms. The summed E-state index contributed by atoms with van der Waals surface area (Å²) in [7, 11) is 0. The number of hydrogen-bond acceptors (Lipinski definition) is 4.